The van der Waals surface area contributed by atoms with Crippen molar-refractivity contribution in [2.75, 3.05) is 0 Å². The molecule has 2 aliphatic rings. The fourth-order valence-electron chi connectivity index (χ4n) is 3.47. The van der Waals surface area contributed by atoms with E-state index in [-0.39, 0.29) is 18.1 Å². The molecule has 1 aliphatic heterocycles. The summed E-state index contributed by atoms with van der Waals surface area (Å²) in [5.41, 5.74) is 1.28. The first kappa shape index (κ1) is 14.3. The molecule has 0 spiro atoms. The molecule has 8 heteroatoms. The molecule has 0 bridgehead atoms. The number of nitrogens with zero attached hydrogens (tertiary/aromatic N) is 4. The quantitative estimate of drug-likeness (QED) is 0.840. The Morgan fingerprint density at radius 3 is 2.91 bits per heavy atom. The van der Waals surface area contributed by atoms with Crippen molar-refractivity contribution >= 4 is 22.8 Å². The summed E-state index contributed by atoms with van der Waals surface area (Å²) in [5, 5.41) is 10.6. The predicted molar refractivity (Wildman–Crippen MR) is 78.3 cm³/mol. The van der Waals surface area contributed by atoms with E-state index in [2.05, 4.69) is 15.0 Å². The average Bonchev–Trinajstić information content (AvgIpc) is 3.07. The largest absolute Gasteiger partial charge is 0.390 e. The highest BCUT2D eigenvalue weighted by Gasteiger charge is 2.53. The fraction of sp³-hybridized carbons (Fsp3) is 0.643. The van der Waals surface area contributed by atoms with Crippen LogP contribution in [0, 0.1) is 5.92 Å². The van der Waals surface area contributed by atoms with Crippen molar-refractivity contribution in [3.05, 3.63) is 17.8 Å². The van der Waals surface area contributed by atoms with E-state index in [9.17, 15) is 5.11 Å². The van der Waals surface area contributed by atoms with Gasteiger partial charge in [0.1, 0.15) is 17.9 Å². The molecule has 2 fully saturated rings. The molecule has 3 heterocycles. The summed E-state index contributed by atoms with van der Waals surface area (Å²) in [7, 11) is 0. The molecule has 1 aliphatic carbocycles. The van der Waals surface area contributed by atoms with E-state index >= 15 is 0 Å². The van der Waals surface area contributed by atoms with Gasteiger partial charge in [-0.15, -0.1) is 0 Å². The minimum absolute atomic E-state index is 0.125. The van der Waals surface area contributed by atoms with Gasteiger partial charge in [0.05, 0.1) is 18.5 Å². The van der Waals surface area contributed by atoms with Crippen LogP contribution in [-0.2, 0) is 16.0 Å². The molecule has 1 saturated carbocycles. The lowest BCUT2D eigenvalue weighted by Gasteiger charge is -2.22. The summed E-state index contributed by atoms with van der Waals surface area (Å²) >= 11 is 6.03. The van der Waals surface area contributed by atoms with Crippen LogP contribution < -0.4 is 0 Å². The lowest BCUT2D eigenvalue weighted by Crippen LogP contribution is -2.28. The van der Waals surface area contributed by atoms with Crippen molar-refractivity contribution < 1.29 is 14.6 Å². The van der Waals surface area contributed by atoms with Crippen LogP contribution in [0.4, 0.5) is 0 Å². The number of ether oxygens (including phenoxy) is 2. The number of hydrogen-bond donors (Lipinski definition) is 1. The number of fused-ring (bicyclic) bond motifs is 2. The number of aromatic nitrogens is 4. The number of aliphatic hydroxyl groups excluding tert-OH is 1. The van der Waals surface area contributed by atoms with Gasteiger partial charge < -0.3 is 19.1 Å². The van der Waals surface area contributed by atoms with Crippen LogP contribution in [0.15, 0.2) is 12.7 Å². The van der Waals surface area contributed by atoms with Gasteiger partial charge in [-0.2, -0.15) is 0 Å². The highest BCUT2D eigenvalue weighted by atomic mass is 35.5. The van der Waals surface area contributed by atoms with Gasteiger partial charge in [0.25, 0.3) is 0 Å². The first-order chi connectivity index (χ1) is 10.4. The van der Waals surface area contributed by atoms with Gasteiger partial charge in [0, 0.05) is 12.5 Å². The van der Waals surface area contributed by atoms with Crippen LogP contribution >= 0.6 is 11.6 Å². The van der Waals surface area contributed by atoms with Gasteiger partial charge in [0.15, 0.2) is 16.6 Å². The molecule has 2 aromatic rings. The molecule has 22 heavy (non-hydrogen) atoms. The molecule has 0 amide bonds. The fourth-order valence-corrected chi connectivity index (χ4v) is 3.65. The smallest absolute Gasteiger partial charge is 0.164 e. The molecule has 0 aromatic carbocycles. The second-order valence-corrected chi connectivity index (χ2v) is 6.72. The third-order valence-electron chi connectivity index (χ3n) is 4.34. The van der Waals surface area contributed by atoms with Crippen LogP contribution in [0.5, 0.6) is 0 Å². The van der Waals surface area contributed by atoms with E-state index in [4.69, 9.17) is 21.1 Å². The van der Waals surface area contributed by atoms with Gasteiger partial charge in [-0.25, -0.2) is 15.0 Å². The molecular weight excluding hydrogens is 308 g/mol. The summed E-state index contributed by atoms with van der Waals surface area (Å²) < 4.78 is 13.7. The topological polar surface area (TPSA) is 82.3 Å². The number of hydrogen-bond acceptors (Lipinski definition) is 6. The van der Waals surface area contributed by atoms with E-state index in [1.165, 1.54) is 6.33 Å². The van der Waals surface area contributed by atoms with Gasteiger partial charge in [0.2, 0.25) is 0 Å². The van der Waals surface area contributed by atoms with Crippen LogP contribution in [0.2, 0.25) is 5.15 Å². The maximum absolute atomic E-state index is 10.2. The number of rotatable bonds is 2. The van der Waals surface area contributed by atoms with E-state index in [0.717, 1.165) is 0 Å². The zero-order valence-electron chi connectivity index (χ0n) is 12.3. The van der Waals surface area contributed by atoms with Gasteiger partial charge in [-0.05, 0) is 20.3 Å². The first-order valence-corrected chi connectivity index (χ1v) is 7.67. The second kappa shape index (κ2) is 4.86. The van der Waals surface area contributed by atoms with Gasteiger partial charge in [-0.3, -0.25) is 0 Å². The van der Waals surface area contributed by atoms with Crippen molar-refractivity contribution in [2.45, 2.75) is 50.9 Å². The summed E-state index contributed by atoms with van der Waals surface area (Å²) in [6.07, 6.45) is 2.85. The highest BCUT2D eigenvalue weighted by molar-refractivity contribution is 6.33. The third kappa shape index (κ3) is 2.20. The molecule has 0 radical (unpaired) electrons. The Morgan fingerprint density at radius 1 is 1.32 bits per heavy atom. The molecule has 2 aromatic heterocycles. The second-order valence-electron chi connectivity index (χ2n) is 6.36. The van der Waals surface area contributed by atoms with Gasteiger partial charge >= 0.3 is 0 Å². The first-order valence-electron chi connectivity index (χ1n) is 7.30. The minimum Gasteiger partial charge on any atom is -0.390 e. The van der Waals surface area contributed by atoms with Crippen molar-refractivity contribution in [1.82, 2.24) is 19.5 Å². The number of imidazole rings is 1. The maximum Gasteiger partial charge on any atom is 0.164 e. The molecule has 4 rings (SSSR count). The predicted octanol–water partition coefficient (Wildman–Crippen LogP) is 1.38. The molecule has 0 unspecified atom stereocenters. The SMILES string of the molecule is CC1(C)O[C@H]2[C@H](Cn3cnc4c(Cl)ncnc43)C[C@H](O)[C@H]2O1. The van der Waals surface area contributed by atoms with Crippen molar-refractivity contribution in [1.29, 1.82) is 0 Å². The Kier molecular flexibility index (Phi) is 3.16. The third-order valence-corrected chi connectivity index (χ3v) is 4.62. The van der Waals surface area contributed by atoms with Crippen LogP contribution in [0.25, 0.3) is 11.2 Å². The number of halogens is 1. The lowest BCUT2D eigenvalue weighted by molar-refractivity contribution is -0.167. The minimum atomic E-state index is -0.655. The van der Waals surface area contributed by atoms with Crippen LogP contribution in [0.1, 0.15) is 20.3 Å². The lowest BCUT2D eigenvalue weighted by atomic mass is 10.1. The van der Waals surface area contributed by atoms with Crippen LogP contribution in [-0.4, -0.2) is 48.7 Å². The monoisotopic (exact) mass is 324 g/mol. The molecular formula is C14H17ClN4O3. The van der Waals surface area contributed by atoms with Gasteiger partial charge in [-0.1, -0.05) is 11.6 Å². The molecule has 4 atom stereocenters. The molecule has 118 valence electrons. The Hall–Kier alpha value is -1.28. The van der Waals surface area contributed by atoms with E-state index in [0.29, 0.717) is 29.3 Å². The molecule has 1 N–H and O–H groups in total. The Balaban J connectivity index is 1.62. The Labute approximate surface area is 132 Å². The summed E-state index contributed by atoms with van der Waals surface area (Å²) in [6, 6.07) is 0. The summed E-state index contributed by atoms with van der Waals surface area (Å²) in [6.45, 7) is 4.38. The van der Waals surface area contributed by atoms with Crippen molar-refractivity contribution in [2.24, 2.45) is 5.92 Å². The highest BCUT2D eigenvalue weighted by Crippen LogP contribution is 2.42. The van der Waals surface area contributed by atoms with E-state index in [1.54, 1.807) is 6.33 Å². The maximum atomic E-state index is 10.2. The van der Waals surface area contributed by atoms with E-state index < -0.39 is 11.9 Å². The molecule has 7 nitrogen and oxygen atoms in total. The summed E-state index contributed by atoms with van der Waals surface area (Å²) in [5.74, 6) is -0.523. The van der Waals surface area contributed by atoms with Crippen molar-refractivity contribution in [3.63, 3.8) is 0 Å². The zero-order valence-corrected chi connectivity index (χ0v) is 13.1. The average molecular weight is 325 g/mol. The molecule has 1 saturated heterocycles. The number of aliphatic hydroxyl groups is 1. The standard InChI is InChI=1S/C14H17ClN4O3/c1-14(2)21-10-7(3-8(20)11(10)22-14)4-19-6-18-9-12(15)16-5-17-13(9)19/h5-8,10-11,20H,3-4H2,1-2H3/t7-,8-,10-,11+/m0/s1. The normalized spacial score (nSPS) is 33.5. The Bertz CT molecular complexity index is 719. The Morgan fingerprint density at radius 2 is 2.09 bits per heavy atom. The van der Waals surface area contributed by atoms with Crippen molar-refractivity contribution in [3.8, 4) is 0 Å². The zero-order chi connectivity index (χ0) is 15.5. The van der Waals surface area contributed by atoms with E-state index in [1.807, 2.05) is 18.4 Å². The van der Waals surface area contributed by atoms with Crippen LogP contribution in [0.3, 0.4) is 0 Å². The summed E-state index contributed by atoms with van der Waals surface area (Å²) in [4.78, 5) is 12.4.